The van der Waals surface area contributed by atoms with Crippen molar-refractivity contribution in [2.24, 2.45) is 0 Å². The molecular weight excluding hydrogens is 278 g/mol. The summed E-state index contributed by atoms with van der Waals surface area (Å²) in [5, 5.41) is 4.73. The normalized spacial score (nSPS) is 12.7. The van der Waals surface area contributed by atoms with Crippen molar-refractivity contribution in [3.8, 4) is 0 Å². The van der Waals surface area contributed by atoms with Crippen LogP contribution in [-0.2, 0) is 6.42 Å². The molecule has 3 aromatic rings. The number of pyridine rings is 1. The molecule has 0 aliphatic carbocycles. The summed E-state index contributed by atoms with van der Waals surface area (Å²) in [5.41, 5.74) is 3.44. The molecule has 4 heteroatoms. The van der Waals surface area contributed by atoms with Crippen molar-refractivity contribution in [3.63, 3.8) is 0 Å². The smallest absolute Gasteiger partial charge is 0.0957 e. The minimum Gasteiger partial charge on any atom is -0.310 e. The van der Waals surface area contributed by atoms with Gasteiger partial charge in [-0.1, -0.05) is 25.1 Å². The summed E-state index contributed by atoms with van der Waals surface area (Å²) in [7, 11) is 0. The Labute approximate surface area is 129 Å². The van der Waals surface area contributed by atoms with Crippen LogP contribution in [0.1, 0.15) is 29.2 Å². The molecule has 0 aliphatic heterocycles. The van der Waals surface area contributed by atoms with Crippen LogP contribution in [0.25, 0.3) is 10.2 Å². The van der Waals surface area contributed by atoms with Gasteiger partial charge < -0.3 is 5.32 Å². The Bertz CT molecular complexity index is 702. The number of hydrogen-bond acceptors (Lipinski definition) is 4. The molecule has 0 amide bonds. The van der Waals surface area contributed by atoms with Crippen LogP contribution in [0.3, 0.4) is 0 Å². The maximum Gasteiger partial charge on any atom is 0.0957 e. The average Bonchev–Trinajstić information content (AvgIpc) is 2.89. The fourth-order valence-electron chi connectivity index (χ4n) is 2.59. The fraction of sp³-hybridized carbons (Fsp3) is 0.294. The van der Waals surface area contributed by atoms with Gasteiger partial charge in [0.1, 0.15) is 0 Å². The molecule has 0 saturated heterocycles. The van der Waals surface area contributed by atoms with E-state index in [1.807, 2.05) is 18.3 Å². The molecule has 1 atom stereocenters. The van der Waals surface area contributed by atoms with Gasteiger partial charge in [0.05, 0.1) is 15.2 Å². The van der Waals surface area contributed by atoms with Gasteiger partial charge in [-0.15, -0.1) is 11.3 Å². The zero-order valence-electron chi connectivity index (χ0n) is 12.3. The highest BCUT2D eigenvalue weighted by Crippen LogP contribution is 2.26. The number of benzene rings is 1. The highest BCUT2D eigenvalue weighted by Gasteiger charge is 2.16. The summed E-state index contributed by atoms with van der Waals surface area (Å²) in [6.07, 6.45) is 2.75. The Morgan fingerprint density at radius 3 is 2.81 bits per heavy atom. The van der Waals surface area contributed by atoms with E-state index in [0.29, 0.717) is 0 Å². The number of aryl methyl sites for hydroxylation is 1. The van der Waals surface area contributed by atoms with Crippen LogP contribution >= 0.6 is 11.3 Å². The van der Waals surface area contributed by atoms with Crippen molar-refractivity contribution in [1.29, 1.82) is 0 Å². The fourth-order valence-corrected chi connectivity index (χ4v) is 3.60. The van der Waals surface area contributed by atoms with Gasteiger partial charge in [0.15, 0.2) is 0 Å². The highest BCUT2D eigenvalue weighted by molar-refractivity contribution is 7.18. The van der Waals surface area contributed by atoms with E-state index in [4.69, 9.17) is 4.98 Å². The summed E-state index contributed by atoms with van der Waals surface area (Å²) >= 11 is 1.78. The molecule has 2 aromatic heterocycles. The van der Waals surface area contributed by atoms with Gasteiger partial charge in [0.2, 0.25) is 0 Å². The molecule has 1 N–H and O–H groups in total. The van der Waals surface area contributed by atoms with E-state index in [1.54, 1.807) is 11.3 Å². The maximum atomic E-state index is 4.75. The van der Waals surface area contributed by atoms with Crippen LogP contribution in [0.15, 0.2) is 42.6 Å². The van der Waals surface area contributed by atoms with Gasteiger partial charge in [-0.2, -0.15) is 0 Å². The summed E-state index contributed by atoms with van der Waals surface area (Å²) in [6.45, 7) is 5.14. The lowest BCUT2D eigenvalue weighted by Gasteiger charge is -2.18. The van der Waals surface area contributed by atoms with Gasteiger partial charge in [0, 0.05) is 24.4 Å². The molecule has 21 heavy (non-hydrogen) atoms. The molecule has 1 aromatic carbocycles. The average molecular weight is 297 g/mol. The van der Waals surface area contributed by atoms with Crippen molar-refractivity contribution >= 4 is 21.6 Å². The van der Waals surface area contributed by atoms with Gasteiger partial charge in [0.25, 0.3) is 0 Å². The van der Waals surface area contributed by atoms with Crippen LogP contribution < -0.4 is 5.32 Å². The minimum atomic E-state index is 0.268. The molecule has 0 aliphatic rings. The first-order valence-electron chi connectivity index (χ1n) is 7.27. The lowest BCUT2D eigenvalue weighted by atomic mass is 10.0. The predicted octanol–water partition coefficient (Wildman–Crippen LogP) is 3.89. The van der Waals surface area contributed by atoms with E-state index >= 15 is 0 Å². The van der Waals surface area contributed by atoms with E-state index in [2.05, 4.69) is 48.4 Å². The van der Waals surface area contributed by atoms with Crippen LogP contribution in [0.2, 0.25) is 0 Å². The van der Waals surface area contributed by atoms with Crippen molar-refractivity contribution in [2.75, 3.05) is 6.54 Å². The second-order valence-corrected chi connectivity index (χ2v) is 6.18. The topological polar surface area (TPSA) is 37.8 Å². The van der Waals surface area contributed by atoms with Crippen LogP contribution in [0, 0.1) is 6.92 Å². The van der Waals surface area contributed by atoms with E-state index < -0.39 is 0 Å². The second-order valence-electron chi connectivity index (χ2n) is 5.07. The van der Waals surface area contributed by atoms with Crippen LogP contribution in [0.5, 0.6) is 0 Å². The molecule has 0 radical (unpaired) electrons. The minimum absolute atomic E-state index is 0.268. The lowest BCUT2D eigenvalue weighted by Crippen LogP contribution is -2.24. The van der Waals surface area contributed by atoms with E-state index in [1.165, 1.54) is 15.3 Å². The Morgan fingerprint density at radius 2 is 2.05 bits per heavy atom. The third-order valence-corrected chi connectivity index (χ3v) is 4.65. The molecular formula is C17H19N3S. The first-order valence-corrected chi connectivity index (χ1v) is 8.09. The Hall–Kier alpha value is -1.78. The van der Waals surface area contributed by atoms with Crippen molar-refractivity contribution in [3.05, 3.63) is 58.9 Å². The quantitative estimate of drug-likeness (QED) is 0.776. The van der Waals surface area contributed by atoms with Gasteiger partial charge in [-0.25, -0.2) is 4.98 Å². The van der Waals surface area contributed by atoms with E-state index in [9.17, 15) is 0 Å². The Morgan fingerprint density at radius 1 is 1.19 bits per heavy atom. The second kappa shape index (κ2) is 6.33. The maximum absolute atomic E-state index is 4.75. The van der Waals surface area contributed by atoms with Gasteiger partial charge in [-0.05, 0) is 37.2 Å². The van der Waals surface area contributed by atoms with Crippen LogP contribution in [-0.4, -0.2) is 16.5 Å². The standard InChI is InChI=1S/C17H19N3S/c1-3-18-15(13-7-6-10-19-12(13)2)11-17-20-14-8-4-5-9-16(14)21-17/h4-10,15,18H,3,11H2,1-2H3. The third-order valence-electron chi connectivity index (χ3n) is 3.59. The Kier molecular flexibility index (Phi) is 4.27. The molecule has 1 unspecified atom stereocenters. The molecule has 0 bridgehead atoms. The number of hydrogen-bond donors (Lipinski definition) is 1. The number of rotatable bonds is 5. The number of likely N-dealkylation sites (N-methyl/N-ethyl adjacent to an activating group) is 1. The highest BCUT2D eigenvalue weighted by atomic mass is 32.1. The monoisotopic (exact) mass is 297 g/mol. The largest absolute Gasteiger partial charge is 0.310 e. The zero-order chi connectivity index (χ0) is 14.7. The summed E-state index contributed by atoms with van der Waals surface area (Å²) in [6, 6.07) is 12.7. The van der Waals surface area contributed by atoms with Crippen LogP contribution in [0.4, 0.5) is 0 Å². The lowest BCUT2D eigenvalue weighted by molar-refractivity contribution is 0.544. The molecule has 0 fully saturated rings. The van der Waals surface area contributed by atoms with Gasteiger partial charge >= 0.3 is 0 Å². The third kappa shape index (κ3) is 3.12. The number of fused-ring (bicyclic) bond motifs is 1. The number of aromatic nitrogens is 2. The number of nitrogens with zero attached hydrogens (tertiary/aromatic N) is 2. The van der Waals surface area contributed by atoms with E-state index in [0.717, 1.165) is 24.2 Å². The van der Waals surface area contributed by atoms with E-state index in [-0.39, 0.29) is 6.04 Å². The predicted molar refractivity (Wildman–Crippen MR) is 88.7 cm³/mol. The summed E-state index contributed by atoms with van der Waals surface area (Å²) in [5.74, 6) is 0. The Balaban J connectivity index is 1.90. The molecule has 108 valence electrons. The first kappa shape index (κ1) is 14.2. The first-order chi connectivity index (χ1) is 10.3. The van der Waals surface area contributed by atoms with Crippen molar-refractivity contribution in [1.82, 2.24) is 15.3 Å². The SMILES string of the molecule is CCNC(Cc1nc2ccccc2s1)c1cccnc1C. The number of thiazole rings is 1. The number of nitrogens with one attached hydrogen (secondary N) is 1. The summed E-state index contributed by atoms with van der Waals surface area (Å²) in [4.78, 5) is 9.16. The van der Waals surface area contributed by atoms with Crippen molar-refractivity contribution in [2.45, 2.75) is 26.3 Å². The molecule has 3 rings (SSSR count). The molecule has 3 nitrogen and oxygen atoms in total. The summed E-state index contributed by atoms with van der Waals surface area (Å²) < 4.78 is 1.26. The zero-order valence-corrected chi connectivity index (χ0v) is 13.2. The number of para-hydroxylation sites is 1. The molecule has 0 saturated carbocycles. The van der Waals surface area contributed by atoms with Crippen molar-refractivity contribution < 1.29 is 0 Å². The molecule has 2 heterocycles. The van der Waals surface area contributed by atoms with Gasteiger partial charge in [-0.3, -0.25) is 4.98 Å². The molecule has 0 spiro atoms.